The minimum absolute atomic E-state index is 0.186. The topological polar surface area (TPSA) is 76.3 Å². The monoisotopic (exact) mass is 339 g/mol. The molecule has 0 unspecified atom stereocenters. The van der Waals surface area contributed by atoms with Gasteiger partial charge in [-0.2, -0.15) is 0 Å². The Morgan fingerprint density at radius 2 is 2.12 bits per heavy atom. The molecule has 132 valence electrons. The van der Waals surface area contributed by atoms with E-state index in [1.54, 1.807) is 0 Å². The molecular formula is C19H25N5O. The van der Waals surface area contributed by atoms with E-state index in [1.165, 1.54) is 5.56 Å². The summed E-state index contributed by atoms with van der Waals surface area (Å²) in [4.78, 5) is 12.2. The lowest BCUT2D eigenvalue weighted by atomic mass is 10.0. The van der Waals surface area contributed by atoms with Gasteiger partial charge in [-0.25, -0.2) is 9.97 Å². The molecule has 6 heteroatoms. The van der Waals surface area contributed by atoms with E-state index in [-0.39, 0.29) is 6.10 Å². The molecule has 2 aromatic rings. The smallest absolute Gasteiger partial charge is 0.161 e. The summed E-state index contributed by atoms with van der Waals surface area (Å²) in [6.45, 7) is 4.88. The van der Waals surface area contributed by atoms with Gasteiger partial charge in [0.25, 0.3) is 0 Å². The average molecular weight is 339 g/mol. The van der Waals surface area contributed by atoms with E-state index in [1.807, 2.05) is 18.2 Å². The second-order valence-electron chi connectivity index (χ2n) is 6.61. The average Bonchev–Trinajstić information content (AvgIpc) is 2.68. The number of ether oxygens (including phenoxy) is 1. The third-order valence-corrected chi connectivity index (χ3v) is 4.87. The Morgan fingerprint density at radius 3 is 2.96 bits per heavy atom. The maximum absolute atomic E-state index is 5.85. The SMILES string of the molecule is NCC[C@H]1CN(c2nc(-c3ccccc3)nc3c2CCNC3)CCO1. The highest BCUT2D eigenvalue weighted by Gasteiger charge is 2.26. The van der Waals surface area contributed by atoms with Crippen LogP contribution in [0.5, 0.6) is 0 Å². The van der Waals surface area contributed by atoms with Crippen LogP contribution in [0.4, 0.5) is 5.82 Å². The predicted octanol–water partition coefficient (Wildman–Crippen LogP) is 1.34. The van der Waals surface area contributed by atoms with Gasteiger partial charge in [0.05, 0.1) is 18.4 Å². The fourth-order valence-electron chi connectivity index (χ4n) is 3.59. The molecule has 3 heterocycles. The molecule has 1 aromatic heterocycles. The van der Waals surface area contributed by atoms with Crippen LogP contribution in [0.25, 0.3) is 11.4 Å². The lowest BCUT2D eigenvalue weighted by Gasteiger charge is -2.35. The van der Waals surface area contributed by atoms with E-state index in [2.05, 4.69) is 22.3 Å². The molecule has 0 saturated carbocycles. The molecule has 6 nitrogen and oxygen atoms in total. The minimum atomic E-state index is 0.186. The molecule has 1 aromatic carbocycles. The van der Waals surface area contributed by atoms with Gasteiger partial charge in [-0.1, -0.05) is 30.3 Å². The van der Waals surface area contributed by atoms with Crippen molar-refractivity contribution in [3.63, 3.8) is 0 Å². The maximum Gasteiger partial charge on any atom is 0.161 e. The van der Waals surface area contributed by atoms with Crippen LogP contribution in [0.15, 0.2) is 30.3 Å². The van der Waals surface area contributed by atoms with Crippen molar-refractivity contribution in [1.29, 1.82) is 0 Å². The standard InChI is InChI=1S/C19H25N5O/c20-8-6-15-13-24(10-11-25-15)19-16-7-9-21-12-17(16)22-18(23-19)14-4-2-1-3-5-14/h1-5,15,21H,6-13,20H2/t15-/m0/s1. The van der Waals surface area contributed by atoms with Gasteiger partial charge in [0.2, 0.25) is 0 Å². The van der Waals surface area contributed by atoms with Gasteiger partial charge in [-0.15, -0.1) is 0 Å². The van der Waals surface area contributed by atoms with Gasteiger partial charge in [0.15, 0.2) is 5.82 Å². The van der Waals surface area contributed by atoms with Gasteiger partial charge in [0, 0.05) is 30.8 Å². The molecular weight excluding hydrogens is 314 g/mol. The van der Waals surface area contributed by atoms with Crippen LogP contribution in [0.3, 0.4) is 0 Å². The lowest BCUT2D eigenvalue weighted by Crippen LogP contribution is -2.44. The summed E-state index contributed by atoms with van der Waals surface area (Å²) < 4.78 is 5.85. The third kappa shape index (κ3) is 3.51. The van der Waals surface area contributed by atoms with Crippen LogP contribution in [0, 0.1) is 0 Å². The van der Waals surface area contributed by atoms with Crippen molar-refractivity contribution < 1.29 is 4.74 Å². The fraction of sp³-hybridized carbons (Fsp3) is 0.474. The third-order valence-electron chi connectivity index (χ3n) is 4.87. The molecule has 1 saturated heterocycles. The number of hydrogen-bond acceptors (Lipinski definition) is 6. The molecule has 2 aliphatic rings. The Balaban J connectivity index is 1.72. The van der Waals surface area contributed by atoms with Crippen molar-refractivity contribution >= 4 is 5.82 Å². The van der Waals surface area contributed by atoms with Crippen LogP contribution in [0.1, 0.15) is 17.7 Å². The highest BCUT2D eigenvalue weighted by Crippen LogP contribution is 2.28. The number of hydrogen-bond donors (Lipinski definition) is 2. The second kappa shape index (κ2) is 7.47. The summed E-state index contributed by atoms with van der Waals surface area (Å²) in [7, 11) is 0. The van der Waals surface area contributed by atoms with Gasteiger partial charge >= 0.3 is 0 Å². The molecule has 0 radical (unpaired) electrons. The van der Waals surface area contributed by atoms with Gasteiger partial charge in [-0.3, -0.25) is 0 Å². The molecule has 0 spiro atoms. The summed E-state index contributed by atoms with van der Waals surface area (Å²) in [6.07, 6.45) is 2.04. The summed E-state index contributed by atoms with van der Waals surface area (Å²) in [5.41, 5.74) is 9.19. The van der Waals surface area contributed by atoms with Crippen molar-refractivity contribution in [2.45, 2.75) is 25.5 Å². The number of nitrogens with zero attached hydrogens (tertiary/aromatic N) is 3. The number of aromatic nitrogens is 2. The van der Waals surface area contributed by atoms with E-state index < -0.39 is 0 Å². The number of benzene rings is 1. The van der Waals surface area contributed by atoms with Crippen LogP contribution in [-0.2, 0) is 17.7 Å². The summed E-state index contributed by atoms with van der Waals surface area (Å²) in [6, 6.07) is 10.2. The zero-order valence-corrected chi connectivity index (χ0v) is 14.4. The predicted molar refractivity (Wildman–Crippen MR) is 98.5 cm³/mol. The van der Waals surface area contributed by atoms with Crippen molar-refractivity contribution in [2.75, 3.05) is 37.7 Å². The molecule has 3 N–H and O–H groups in total. The van der Waals surface area contributed by atoms with Crippen LogP contribution < -0.4 is 16.0 Å². The molecule has 2 aliphatic heterocycles. The van der Waals surface area contributed by atoms with Crippen LogP contribution >= 0.6 is 0 Å². The first-order valence-corrected chi connectivity index (χ1v) is 9.07. The number of anilines is 1. The molecule has 25 heavy (non-hydrogen) atoms. The van der Waals surface area contributed by atoms with Crippen molar-refractivity contribution in [2.24, 2.45) is 5.73 Å². The molecule has 4 rings (SSSR count). The Bertz CT molecular complexity index is 719. The molecule has 0 amide bonds. The van der Waals surface area contributed by atoms with E-state index in [4.69, 9.17) is 20.4 Å². The number of morpholine rings is 1. The Hall–Kier alpha value is -2.02. The summed E-state index contributed by atoms with van der Waals surface area (Å²) >= 11 is 0. The Kier molecular flexibility index (Phi) is 4.92. The number of nitrogens with two attached hydrogens (primary N) is 1. The normalized spacial score (nSPS) is 20.4. The Morgan fingerprint density at radius 1 is 1.24 bits per heavy atom. The number of fused-ring (bicyclic) bond motifs is 1. The first kappa shape index (κ1) is 16.4. The van der Waals surface area contributed by atoms with Crippen molar-refractivity contribution in [3.8, 4) is 11.4 Å². The molecule has 1 atom stereocenters. The molecule has 0 bridgehead atoms. The van der Waals surface area contributed by atoms with E-state index in [0.29, 0.717) is 6.54 Å². The van der Waals surface area contributed by atoms with Gasteiger partial charge in [-0.05, 0) is 25.9 Å². The number of nitrogens with one attached hydrogen (secondary N) is 1. The van der Waals surface area contributed by atoms with Crippen LogP contribution in [-0.4, -0.2) is 48.9 Å². The van der Waals surface area contributed by atoms with Gasteiger partial charge < -0.3 is 20.7 Å². The highest BCUT2D eigenvalue weighted by atomic mass is 16.5. The first-order valence-electron chi connectivity index (χ1n) is 9.07. The second-order valence-corrected chi connectivity index (χ2v) is 6.61. The van der Waals surface area contributed by atoms with E-state index >= 15 is 0 Å². The summed E-state index contributed by atoms with van der Waals surface area (Å²) in [5.74, 6) is 1.88. The van der Waals surface area contributed by atoms with Crippen LogP contribution in [0.2, 0.25) is 0 Å². The lowest BCUT2D eigenvalue weighted by molar-refractivity contribution is 0.0365. The molecule has 0 aliphatic carbocycles. The number of rotatable bonds is 4. The molecule has 1 fully saturated rings. The maximum atomic E-state index is 5.85. The minimum Gasteiger partial charge on any atom is -0.374 e. The first-order chi connectivity index (χ1) is 12.3. The fourth-order valence-corrected chi connectivity index (χ4v) is 3.59. The summed E-state index contributed by atoms with van der Waals surface area (Å²) in [5, 5.41) is 3.43. The largest absolute Gasteiger partial charge is 0.374 e. The Labute approximate surface area is 148 Å². The zero-order valence-electron chi connectivity index (χ0n) is 14.4. The van der Waals surface area contributed by atoms with Gasteiger partial charge in [0.1, 0.15) is 5.82 Å². The van der Waals surface area contributed by atoms with E-state index in [9.17, 15) is 0 Å². The highest BCUT2D eigenvalue weighted by molar-refractivity contribution is 5.61. The van der Waals surface area contributed by atoms with Crippen molar-refractivity contribution in [1.82, 2.24) is 15.3 Å². The zero-order chi connectivity index (χ0) is 17.1. The van der Waals surface area contributed by atoms with E-state index in [0.717, 1.165) is 68.5 Å². The van der Waals surface area contributed by atoms with Crippen molar-refractivity contribution in [3.05, 3.63) is 41.6 Å². The quantitative estimate of drug-likeness (QED) is 0.876.